The minimum Gasteiger partial charge on any atom is -0.301 e. The largest absolute Gasteiger partial charge is 0.416 e. The van der Waals surface area contributed by atoms with Crippen LogP contribution in [0.2, 0.25) is 0 Å². The van der Waals surface area contributed by atoms with Crippen molar-refractivity contribution >= 4 is 11.8 Å². The van der Waals surface area contributed by atoms with Gasteiger partial charge in [-0.25, -0.2) is 0 Å². The van der Waals surface area contributed by atoms with Gasteiger partial charge in [-0.2, -0.15) is 13.2 Å². The van der Waals surface area contributed by atoms with Gasteiger partial charge in [0.15, 0.2) is 0 Å². The van der Waals surface area contributed by atoms with Gasteiger partial charge in [0.2, 0.25) is 0 Å². The van der Waals surface area contributed by atoms with E-state index in [9.17, 15) is 13.2 Å². The zero-order valence-electron chi connectivity index (χ0n) is 16.5. The highest BCUT2D eigenvalue weighted by Gasteiger charge is 2.33. The van der Waals surface area contributed by atoms with Gasteiger partial charge in [-0.15, -0.1) is 0 Å². The Balaban J connectivity index is 1.58. The van der Waals surface area contributed by atoms with Gasteiger partial charge in [-0.05, 0) is 41.9 Å². The molecule has 0 saturated carbocycles. The quantitative estimate of drug-likeness (QED) is 0.606. The monoisotopic (exact) mass is 418 g/mol. The van der Waals surface area contributed by atoms with Crippen molar-refractivity contribution < 1.29 is 13.2 Å². The van der Waals surface area contributed by atoms with E-state index in [0.717, 1.165) is 60.2 Å². The molecule has 0 spiro atoms. The molecule has 2 aliphatic rings. The topological polar surface area (TPSA) is 6.48 Å². The Bertz CT molecular complexity index is 886. The molecule has 154 valence electrons. The highest BCUT2D eigenvalue weighted by molar-refractivity contribution is 7.99. The van der Waals surface area contributed by atoms with Crippen molar-refractivity contribution in [3.63, 3.8) is 0 Å². The number of rotatable bonds is 4. The molecule has 2 aliphatic heterocycles. The fourth-order valence-electron chi connectivity index (χ4n) is 4.02. The number of alkyl halides is 3. The first-order valence-corrected chi connectivity index (χ1v) is 10.9. The molecule has 1 fully saturated rings. The van der Waals surface area contributed by atoms with Crippen LogP contribution in [0.1, 0.15) is 29.5 Å². The molecule has 4 rings (SSSR count). The van der Waals surface area contributed by atoms with Crippen molar-refractivity contribution in [1.82, 2.24) is 9.80 Å². The lowest BCUT2D eigenvalue weighted by Crippen LogP contribution is -2.46. The molecule has 2 heterocycles. The number of allylic oxidation sites excluding steroid dienone is 1. The fourth-order valence-corrected chi connectivity index (χ4v) is 5.15. The Morgan fingerprint density at radius 3 is 2.38 bits per heavy atom. The third kappa shape index (κ3) is 4.55. The molecule has 1 unspecified atom stereocenters. The Kier molecular flexibility index (Phi) is 6.04. The summed E-state index contributed by atoms with van der Waals surface area (Å²) in [6.45, 7) is 8.31. The van der Waals surface area contributed by atoms with Gasteiger partial charge < -0.3 is 4.90 Å². The van der Waals surface area contributed by atoms with Crippen LogP contribution in [-0.4, -0.2) is 49.1 Å². The maximum absolute atomic E-state index is 13.3. The van der Waals surface area contributed by atoms with Crippen LogP contribution >= 0.6 is 11.8 Å². The summed E-state index contributed by atoms with van der Waals surface area (Å²) >= 11 is 1.55. The summed E-state index contributed by atoms with van der Waals surface area (Å²) in [4.78, 5) is 6.86. The smallest absolute Gasteiger partial charge is 0.301 e. The second-order valence-electron chi connectivity index (χ2n) is 7.53. The van der Waals surface area contributed by atoms with Gasteiger partial charge in [-0.1, -0.05) is 49.0 Å². The van der Waals surface area contributed by atoms with E-state index in [0.29, 0.717) is 0 Å². The van der Waals surface area contributed by atoms with Crippen molar-refractivity contribution in [3.05, 3.63) is 71.3 Å². The van der Waals surface area contributed by atoms with E-state index in [1.54, 1.807) is 17.8 Å². The highest BCUT2D eigenvalue weighted by Crippen LogP contribution is 2.47. The number of likely N-dealkylation sites (N-methyl/N-ethyl adjacent to an activating group) is 1. The summed E-state index contributed by atoms with van der Waals surface area (Å²) in [5.74, 6) is -0.151. The number of piperazine rings is 1. The summed E-state index contributed by atoms with van der Waals surface area (Å²) < 4.78 is 39.9. The second kappa shape index (κ2) is 8.54. The number of halogens is 3. The Labute approximate surface area is 174 Å². The number of fused-ring (bicyclic) bond motifs is 2. The molecule has 2 aromatic carbocycles. The van der Waals surface area contributed by atoms with Crippen LogP contribution in [0, 0.1) is 0 Å². The maximum Gasteiger partial charge on any atom is 0.416 e. The first-order chi connectivity index (χ1) is 14.0. The third-order valence-corrected chi connectivity index (χ3v) is 6.93. The molecule has 0 N–H and O–H groups in total. The molecular formula is C23H25F3N2S. The second-order valence-corrected chi connectivity index (χ2v) is 8.61. The van der Waals surface area contributed by atoms with Crippen molar-refractivity contribution in [2.75, 3.05) is 39.3 Å². The lowest BCUT2D eigenvalue weighted by Gasteiger charge is -2.33. The molecule has 29 heavy (non-hydrogen) atoms. The van der Waals surface area contributed by atoms with Crippen molar-refractivity contribution in [2.24, 2.45) is 0 Å². The minimum absolute atomic E-state index is 0.151. The number of benzene rings is 2. The molecule has 2 aromatic rings. The van der Waals surface area contributed by atoms with E-state index < -0.39 is 11.7 Å². The van der Waals surface area contributed by atoms with Crippen LogP contribution < -0.4 is 0 Å². The summed E-state index contributed by atoms with van der Waals surface area (Å²) in [6.07, 6.45) is -0.114. The van der Waals surface area contributed by atoms with E-state index in [-0.39, 0.29) is 5.92 Å². The highest BCUT2D eigenvalue weighted by atomic mass is 32.2. The van der Waals surface area contributed by atoms with E-state index >= 15 is 0 Å². The maximum atomic E-state index is 13.3. The Morgan fingerprint density at radius 1 is 0.966 bits per heavy atom. The average Bonchev–Trinajstić information content (AvgIpc) is 2.72. The summed E-state index contributed by atoms with van der Waals surface area (Å²) in [7, 11) is 0. The zero-order valence-corrected chi connectivity index (χ0v) is 17.3. The Morgan fingerprint density at radius 2 is 1.66 bits per heavy atom. The third-order valence-electron chi connectivity index (χ3n) is 5.75. The van der Waals surface area contributed by atoms with Crippen LogP contribution in [0.5, 0.6) is 0 Å². The summed E-state index contributed by atoms with van der Waals surface area (Å²) in [5, 5.41) is 0. The van der Waals surface area contributed by atoms with Crippen LogP contribution in [0.4, 0.5) is 13.2 Å². The van der Waals surface area contributed by atoms with E-state index in [2.05, 4.69) is 28.9 Å². The molecular weight excluding hydrogens is 393 g/mol. The van der Waals surface area contributed by atoms with Gasteiger partial charge in [0, 0.05) is 48.4 Å². The fraction of sp³-hybridized carbons (Fsp3) is 0.391. The van der Waals surface area contributed by atoms with Crippen molar-refractivity contribution in [2.45, 2.75) is 28.8 Å². The van der Waals surface area contributed by atoms with Crippen LogP contribution in [-0.2, 0) is 6.18 Å². The predicted molar refractivity (Wildman–Crippen MR) is 112 cm³/mol. The van der Waals surface area contributed by atoms with Crippen LogP contribution in [0.3, 0.4) is 0 Å². The molecule has 6 heteroatoms. The molecule has 0 aromatic heterocycles. The minimum atomic E-state index is -4.33. The lowest BCUT2D eigenvalue weighted by molar-refractivity contribution is -0.137. The first-order valence-electron chi connectivity index (χ1n) is 10.0. The normalized spacial score (nSPS) is 20.6. The van der Waals surface area contributed by atoms with Gasteiger partial charge in [0.1, 0.15) is 0 Å². The lowest BCUT2D eigenvalue weighted by atomic mass is 9.89. The SMILES string of the molecule is CCN1CCN(C/C=C/C2c3ccccc3Sc3ccc(C(F)(F)F)cc32)CC1. The van der Waals surface area contributed by atoms with Crippen LogP contribution in [0.15, 0.2) is 64.4 Å². The van der Waals surface area contributed by atoms with E-state index in [1.807, 2.05) is 24.3 Å². The van der Waals surface area contributed by atoms with Gasteiger partial charge >= 0.3 is 6.18 Å². The standard InChI is InChI=1S/C23H25F3N2S/c1-2-27-12-14-28(15-13-27)11-5-7-18-19-6-3-4-8-21(19)29-22-10-9-17(16-20(18)22)23(24,25)26/h3-10,16,18H,2,11-15H2,1H3/b7-5+. The van der Waals surface area contributed by atoms with Gasteiger partial charge in [0.05, 0.1) is 5.56 Å². The number of hydrogen-bond acceptors (Lipinski definition) is 3. The predicted octanol–water partition coefficient (Wildman–Crippen LogP) is 5.50. The van der Waals surface area contributed by atoms with E-state index in [4.69, 9.17) is 0 Å². The van der Waals surface area contributed by atoms with Crippen molar-refractivity contribution in [1.29, 1.82) is 0 Å². The molecule has 1 saturated heterocycles. The molecule has 0 aliphatic carbocycles. The summed E-state index contributed by atoms with van der Waals surface area (Å²) in [5.41, 5.74) is 1.25. The average molecular weight is 419 g/mol. The van der Waals surface area contributed by atoms with Gasteiger partial charge in [0.25, 0.3) is 0 Å². The molecule has 0 radical (unpaired) electrons. The Hall–Kier alpha value is -1.76. The molecule has 0 amide bonds. The zero-order chi connectivity index (χ0) is 20.4. The summed E-state index contributed by atoms with van der Waals surface area (Å²) in [6, 6.07) is 12.1. The first kappa shape index (κ1) is 20.5. The number of hydrogen-bond donors (Lipinski definition) is 0. The van der Waals surface area contributed by atoms with E-state index in [1.165, 1.54) is 12.1 Å². The number of nitrogens with zero attached hydrogens (tertiary/aromatic N) is 2. The molecule has 2 nitrogen and oxygen atoms in total. The van der Waals surface area contributed by atoms with Crippen molar-refractivity contribution in [3.8, 4) is 0 Å². The molecule has 1 atom stereocenters. The molecule has 0 bridgehead atoms. The van der Waals surface area contributed by atoms with Crippen LogP contribution in [0.25, 0.3) is 0 Å². The van der Waals surface area contributed by atoms with Gasteiger partial charge in [-0.3, -0.25) is 4.90 Å².